The minimum Gasteiger partial charge on any atom is -0.334 e. The summed E-state index contributed by atoms with van der Waals surface area (Å²) in [4.78, 5) is 42.0. The van der Waals surface area contributed by atoms with Crippen LogP contribution in [0, 0.1) is 11.6 Å². The average Bonchev–Trinajstić information content (AvgIpc) is 2.74. The van der Waals surface area contributed by atoms with Crippen LogP contribution in [0.1, 0.15) is 11.1 Å². The number of likely N-dealkylation sites (N-methyl/N-ethyl adjacent to an activating group) is 1. The zero-order valence-corrected chi connectivity index (χ0v) is 17.2. The van der Waals surface area contributed by atoms with E-state index in [1.54, 1.807) is 29.0 Å². The molecule has 1 aliphatic heterocycles. The Morgan fingerprint density at radius 2 is 1.48 bits per heavy atom. The van der Waals surface area contributed by atoms with Gasteiger partial charge in [-0.1, -0.05) is 24.3 Å². The monoisotopic (exact) mass is 430 g/mol. The van der Waals surface area contributed by atoms with E-state index in [0.717, 1.165) is 10.5 Å². The summed E-state index contributed by atoms with van der Waals surface area (Å²) in [5, 5.41) is 2.60. The first-order chi connectivity index (χ1) is 14.8. The molecule has 0 aliphatic carbocycles. The maximum absolute atomic E-state index is 13.1. The molecule has 1 fully saturated rings. The van der Waals surface area contributed by atoms with Gasteiger partial charge in [-0.2, -0.15) is 0 Å². The number of nitrogens with zero attached hydrogens (tertiary/aromatic N) is 3. The fraction of sp³-hybridized carbons (Fsp3) is 0.318. The molecule has 1 heterocycles. The number of hydrogen-bond acceptors (Lipinski definition) is 4. The maximum Gasteiger partial charge on any atom is 0.324 e. The second kappa shape index (κ2) is 10.1. The molecule has 164 valence electrons. The lowest BCUT2D eigenvalue weighted by Crippen LogP contribution is -2.56. The molecule has 0 spiro atoms. The second-order valence-corrected chi connectivity index (χ2v) is 7.45. The van der Waals surface area contributed by atoms with E-state index in [-0.39, 0.29) is 43.8 Å². The molecule has 0 unspecified atom stereocenters. The molecule has 1 aliphatic rings. The summed E-state index contributed by atoms with van der Waals surface area (Å²) in [6.07, 6.45) is 0.518. The molecule has 31 heavy (non-hydrogen) atoms. The van der Waals surface area contributed by atoms with Gasteiger partial charge >= 0.3 is 6.03 Å². The number of amides is 4. The van der Waals surface area contributed by atoms with Crippen molar-refractivity contribution in [2.45, 2.75) is 13.0 Å². The number of carbonyl (C=O) groups excluding carboxylic acids is 3. The van der Waals surface area contributed by atoms with Crippen molar-refractivity contribution in [3.63, 3.8) is 0 Å². The van der Waals surface area contributed by atoms with E-state index in [9.17, 15) is 23.2 Å². The van der Waals surface area contributed by atoms with Crippen LogP contribution in [0.5, 0.6) is 0 Å². The van der Waals surface area contributed by atoms with Crippen LogP contribution in [-0.2, 0) is 22.6 Å². The fourth-order valence-electron chi connectivity index (χ4n) is 3.23. The Kier molecular flexibility index (Phi) is 7.30. The summed E-state index contributed by atoms with van der Waals surface area (Å²) in [6, 6.07) is 11.0. The largest absolute Gasteiger partial charge is 0.334 e. The first-order valence-corrected chi connectivity index (χ1v) is 9.85. The van der Waals surface area contributed by atoms with Crippen molar-refractivity contribution in [1.82, 2.24) is 20.0 Å². The standard InChI is InChI=1S/C22H24F2N4O3/c1-26-13-21(30)28(22(31)25-12-17-4-8-19(24)9-5-17)14-20(29)27(15-26)11-10-16-2-6-18(23)7-3-16/h2-9H,10-15H2,1H3,(H,25,31). The van der Waals surface area contributed by atoms with Crippen molar-refractivity contribution in [1.29, 1.82) is 0 Å². The van der Waals surface area contributed by atoms with Gasteiger partial charge < -0.3 is 10.2 Å². The number of rotatable bonds is 5. The number of hydrogen-bond donors (Lipinski definition) is 1. The first kappa shape index (κ1) is 22.4. The zero-order chi connectivity index (χ0) is 22.4. The van der Waals surface area contributed by atoms with Crippen molar-refractivity contribution in [2.24, 2.45) is 0 Å². The number of imide groups is 1. The topological polar surface area (TPSA) is 73.0 Å². The molecule has 0 radical (unpaired) electrons. The van der Waals surface area contributed by atoms with E-state index >= 15 is 0 Å². The molecule has 3 rings (SSSR count). The molecular formula is C22H24F2N4O3. The molecule has 1 N–H and O–H groups in total. The van der Waals surface area contributed by atoms with Crippen LogP contribution in [-0.4, -0.2) is 65.9 Å². The number of urea groups is 1. The third-order valence-electron chi connectivity index (χ3n) is 4.95. The molecule has 0 bridgehead atoms. The summed E-state index contributed by atoms with van der Waals surface area (Å²) in [6.45, 7) is 0.321. The van der Waals surface area contributed by atoms with E-state index < -0.39 is 11.9 Å². The minimum absolute atomic E-state index is 0.0235. The molecular weight excluding hydrogens is 406 g/mol. The predicted molar refractivity (Wildman–Crippen MR) is 110 cm³/mol. The Morgan fingerprint density at radius 1 is 0.903 bits per heavy atom. The number of nitrogens with one attached hydrogen (secondary N) is 1. The second-order valence-electron chi connectivity index (χ2n) is 7.45. The normalized spacial score (nSPS) is 15.6. The highest BCUT2D eigenvalue weighted by atomic mass is 19.1. The van der Waals surface area contributed by atoms with Crippen molar-refractivity contribution in [3.8, 4) is 0 Å². The van der Waals surface area contributed by atoms with Crippen molar-refractivity contribution >= 4 is 17.8 Å². The van der Waals surface area contributed by atoms with E-state index in [1.165, 1.54) is 36.4 Å². The quantitative estimate of drug-likeness (QED) is 0.788. The average molecular weight is 430 g/mol. The molecule has 0 atom stereocenters. The highest BCUT2D eigenvalue weighted by Gasteiger charge is 2.30. The fourth-order valence-corrected chi connectivity index (χ4v) is 3.23. The Bertz CT molecular complexity index is 935. The molecule has 2 aromatic rings. The van der Waals surface area contributed by atoms with Gasteiger partial charge in [0.1, 0.15) is 18.2 Å². The van der Waals surface area contributed by atoms with Crippen molar-refractivity contribution in [2.75, 3.05) is 33.4 Å². The third kappa shape index (κ3) is 6.32. The number of halogens is 2. The SMILES string of the molecule is CN1CC(=O)N(C(=O)NCc2ccc(F)cc2)CC(=O)N(CCc2ccc(F)cc2)C1. The highest BCUT2D eigenvalue weighted by molar-refractivity contribution is 5.99. The minimum atomic E-state index is -0.684. The zero-order valence-electron chi connectivity index (χ0n) is 17.2. The van der Waals surface area contributed by atoms with Crippen LogP contribution in [0.2, 0.25) is 0 Å². The molecule has 0 aromatic heterocycles. The molecule has 0 saturated carbocycles. The Morgan fingerprint density at radius 3 is 2.10 bits per heavy atom. The van der Waals surface area contributed by atoms with Crippen molar-refractivity contribution < 1.29 is 23.2 Å². The Balaban J connectivity index is 1.62. The summed E-state index contributed by atoms with van der Waals surface area (Å²) in [5.74, 6) is -1.56. The maximum atomic E-state index is 13.1. The van der Waals surface area contributed by atoms with E-state index in [1.807, 2.05) is 0 Å². The Hall–Kier alpha value is -3.33. The van der Waals surface area contributed by atoms with Gasteiger partial charge in [0.15, 0.2) is 0 Å². The molecule has 9 heteroatoms. The van der Waals surface area contributed by atoms with Crippen LogP contribution in [0.3, 0.4) is 0 Å². The molecule has 4 amide bonds. The van der Waals surface area contributed by atoms with Gasteiger partial charge in [-0.15, -0.1) is 0 Å². The van der Waals surface area contributed by atoms with Crippen LogP contribution in [0.15, 0.2) is 48.5 Å². The summed E-state index contributed by atoms with van der Waals surface area (Å²) in [5.41, 5.74) is 1.54. The van der Waals surface area contributed by atoms with E-state index in [2.05, 4.69) is 5.32 Å². The van der Waals surface area contributed by atoms with Crippen LogP contribution < -0.4 is 5.32 Å². The number of carbonyl (C=O) groups is 3. The first-order valence-electron chi connectivity index (χ1n) is 9.85. The van der Waals surface area contributed by atoms with Gasteiger partial charge in [-0.3, -0.25) is 19.4 Å². The predicted octanol–water partition coefficient (Wildman–Crippen LogP) is 1.98. The van der Waals surface area contributed by atoms with Gasteiger partial charge in [0, 0.05) is 13.1 Å². The van der Waals surface area contributed by atoms with E-state index in [4.69, 9.17) is 0 Å². The van der Waals surface area contributed by atoms with Gasteiger partial charge in [0.25, 0.3) is 0 Å². The van der Waals surface area contributed by atoms with Crippen LogP contribution in [0.25, 0.3) is 0 Å². The lowest BCUT2D eigenvalue weighted by molar-refractivity contribution is -0.143. The van der Waals surface area contributed by atoms with Gasteiger partial charge in [0.05, 0.1) is 13.2 Å². The molecule has 1 saturated heterocycles. The van der Waals surface area contributed by atoms with Gasteiger partial charge in [-0.05, 0) is 48.9 Å². The third-order valence-corrected chi connectivity index (χ3v) is 4.95. The van der Waals surface area contributed by atoms with Crippen LogP contribution >= 0.6 is 0 Å². The Labute approximate surface area is 179 Å². The van der Waals surface area contributed by atoms with E-state index in [0.29, 0.717) is 18.5 Å². The lowest BCUT2D eigenvalue weighted by atomic mass is 10.1. The molecule has 7 nitrogen and oxygen atoms in total. The van der Waals surface area contributed by atoms with Gasteiger partial charge in [-0.25, -0.2) is 13.6 Å². The highest BCUT2D eigenvalue weighted by Crippen LogP contribution is 2.09. The summed E-state index contributed by atoms with van der Waals surface area (Å²) in [7, 11) is 1.69. The molecule has 2 aromatic carbocycles. The lowest BCUT2D eigenvalue weighted by Gasteiger charge is -2.34. The smallest absolute Gasteiger partial charge is 0.324 e. The number of benzene rings is 2. The van der Waals surface area contributed by atoms with Gasteiger partial charge in [0.2, 0.25) is 11.8 Å². The summed E-state index contributed by atoms with van der Waals surface area (Å²) >= 11 is 0. The van der Waals surface area contributed by atoms with Crippen molar-refractivity contribution in [3.05, 3.63) is 71.3 Å². The summed E-state index contributed by atoms with van der Waals surface area (Å²) < 4.78 is 26.1. The van der Waals surface area contributed by atoms with Crippen LogP contribution in [0.4, 0.5) is 13.6 Å².